The third-order valence-corrected chi connectivity index (χ3v) is 3.78. The number of nitrogens with one attached hydrogen (secondary N) is 1. The van der Waals surface area contributed by atoms with Crippen LogP contribution in [0.15, 0.2) is 12.3 Å². The summed E-state index contributed by atoms with van der Waals surface area (Å²) < 4.78 is 0. The largest absolute Gasteiger partial charge is 0.374 e. The second-order valence-electron chi connectivity index (χ2n) is 4.25. The first-order valence-corrected chi connectivity index (χ1v) is 6.99. The van der Waals surface area contributed by atoms with Gasteiger partial charge in [-0.15, -0.1) is 15.3 Å². The van der Waals surface area contributed by atoms with Crippen molar-refractivity contribution in [3.63, 3.8) is 0 Å². The lowest BCUT2D eigenvalue weighted by molar-refractivity contribution is 0.799. The van der Waals surface area contributed by atoms with Gasteiger partial charge in [-0.2, -0.15) is 5.10 Å². The van der Waals surface area contributed by atoms with E-state index in [4.69, 9.17) is 17.3 Å². The van der Waals surface area contributed by atoms with Crippen LogP contribution in [0.5, 0.6) is 0 Å². The van der Waals surface area contributed by atoms with E-state index in [0.29, 0.717) is 16.2 Å². The summed E-state index contributed by atoms with van der Waals surface area (Å²) in [5, 5.41) is 20.8. The van der Waals surface area contributed by atoms with Crippen molar-refractivity contribution in [1.29, 1.82) is 0 Å². The van der Waals surface area contributed by atoms with Crippen LogP contribution in [0.2, 0.25) is 5.02 Å². The fraction of sp³-hybridized carbons (Fsp3) is 0.400. The minimum absolute atomic E-state index is 0.299. The van der Waals surface area contributed by atoms with E-state index in [-0.39, 0.29) is 0 Å². The first-order valence-electron chi connectivity index (χ1n) is 5.79. The SMILES string of the molecule is Nc1nnc(NC2CCN(c3cc(Cl)cnn3)C2)s1. The van der Waals surface area contributed by atoms with Crippen molar-refractivity contribution in [2.75, 3.05) is 29.0 Å². The first-order chi connectivity index (χ1) is 9.20. The third-order valence-electron chi connectivity index (χ3n) is 2.89. The molecule has 3 N–H and O–H groups in total. The number of hydrogen-bond donors (Lipinski definition) is 2. The van der Waals surface area contributed by atoms with E-state index in [9.17, 15) is 0 Å². The highest BCUT2D eigenvalue weighted by molar-refractivity contribution is 7.18. The topological polar surface area (TPSA) is 92.8 Å². The van der Waals surface area contributed by atoms with E-state index >= 15 is 0 Å². The Morgan fingerprint density at radius 2 is 2.32 bits per heavy atom. The maximum Gasteiger partial charge on any atom is 0.207 e. The van der Waals surface area contributed by atoms with Gasteiger partial charge in [0.2, 0.25) is 10.3 Å². The number of rotatable bonds is 3. The number of nitrogen functional groups attached to an aromatic ring is 1. The summed E-state index contributed by atoms with van der Waals surface area (Å²) in [5.74, 6) is 0.800. The van der Waals surface area contributed by atoms with Gasteiger partial charge in [0.25, 0.3) is 0 Å². The molecular weight excluding hydrogens is 286 g/mol. The predicted molar refractivity (Wildman–Crippen MR) is 75.6 cm³/mol. The Labute approximate surface area is 118 Å². The Morgan fingerprint density at radius 3 is 3.05 bits per heavy atom. The van der Waals surface area contributed by atoms with Gasteiger partial charge in [-0.3, -0.25) is 0 Å². The molecule has 19 heavy (non-hydrogen) atoms. The molecule has 0 aliphatic carbocycles. The van der Waals surface area contributed by atoms with Crippen molar-refractivity contribution in [3.8, 4) is 0 Å². The Kier molecular flexibility index (Phi) is 3.34. The van der Waals surface area contributed by atoms with Crippen molar-refractivity contribution >= 4 is 39.0 Å². The molecule has 1 unspecified atom stereocenters. The molecule has 3 rings (SSSR count). The molecule has 0 aromatic carbocycles. The highest BCUT2D eigenvalue weighted by Gasteiger charge is 2.24. The summed E-state index contributed by atoms with van der Waals surface area (Å²) in [5.41, 5.74) is 5.55. The molecule has 0 spiro atoms. The molecule has 1 saturated heterocycles. The molecule has 3 heterocycles. The van der Waals surface area contributed by atoms with Crippen molar-refractivity contribution in [2.24, 2.45) is 0 Å². The third kappa shape index (κ3) is 2.85. The number of anilines is 3. The van der Waals surface area contributed by atoms with Crippen LogP contribution in [0.25, 0.3) is 0 Å². The van der Waals surface area contributed by atoms with Gasteiger partial charge in [0.15, 0.2) is 5.82 Å². The van der Waals surface area contributed by atoms with Crippen LogP contribution in [0.4, 0.5) is 16.1 Å². The van der Waals surface area contributed by atoms with Gasteiger partial charge < -0.3 is 16.0 Å². The van der Waals surface area contributed by atoms with Gasteiger partial charge in [-0.05, 0) is 6.42 Å². The highest BCUT2D eigenvalue weighted by Crippen LogP contribution is 2.24. The minimum Gasteiger partial charge on any atom is -0.374 e. The van der Waals surface area contributed by atoms with Crippen LogP contribution in [0, 0.1) is 0 Å². The standard InChI is InChI=1S/C10H12ClN7S/c11-6-3-8(15-13-4-6)18-2-1-7(5-18)14-10-17-16-9(12)19-10/h3-4,7H,1-2,5H2,(H2,12,16)(H,14,17). The molecule has 1 aliphatic rings. The molecule has 1 fully saturated rings. The van der Waals surface area contributed by atoms with E-state index < -0.39 is 0 Å². The molecule has 100 valence electrons. The summed E-state index contributed by atoms with van der Waals surface area (Å²) in [7, 11) is 0. The van der Waals surface area contributed by atoms with Crippen molar-refractivity contribution in [2.45, 2.75) is 12.5 Å². The van der Waals surface area contributed by atoms with Gasteiger partial charge >= 0.3 is 0 Å². The van der Waals surface area contributed by atoms with Gasteiger partial charge in [0.1, 0.15) is 0 Å². The molecule has 0 bridgehead atoms. The lowest BCUT2D eigenvalue weighted by Gasteiger charge is -2.16. The summed E-state index contributed by atoms with van der Waals surface area (Å²) in [6, 6.07) is 2.12. The van der Waals surface area contributed by atoms with Crippen LogP contribution in [0.1, 0.15) is 6.42 Å². The average molecular weight is 298 g/mol. The van der Waals surface area contributed by atoms with E-state index in [0.717, 1.165) is 30.5 Å². The molecule has 0 radical (unpaired) electrons. The molecule has 0 saturated carbocycles. The van der Waals surface area contributed by atoms with Gasteiger partial charge in [0, 0.05) is 25.2 Å². The number of aromatic nitrogens is 4. The lowest BCUT2D eigenvalue weighted by Crippen LogP contribution is -2.26. The van der Waals surface area contributed by atoms with E-state index in [1.165, 1.54) is 17.5 Å². The van der Waals surface area contributed by atoms with Gasteiger partial charge in [-0.1, -0.05) is 22.9 Å². The summed E-state index contributed by atoms with van der Waals surface area (Å²) in [6.45, 7) is 1.73. The molecule has 7 nitrogen and oxygen atoms in total. The molecule has 0 amide bonds. The van der Waals surface area contributed by atoms with Gasteiger partial charge in [0.05, 0.1) is 11.2 Å². The predicted octanol–water partition coefficient (Wildman–Crippen LogP) is 1.25. The average Bonchev–Trinajstić information content (AvgIpc) is 2.99. The number of nitrogens with two attached hydrogens (primary N) is 1. The summed E-state index contributed by atoms with van der Waals surface area (Å²) in [4.78, 5) is 2.14. The van der Waals surface area contributed by atoms with Crippen LogP contribution in [-0.2, 0) is 0 Å². The Bertz CT molecular complexity index is 575. The summed E-state index contributed by atoms with van der Waals surface area (Å²) in [6.07, 6.45) is 2.52. The van der Waals surface area contributed by atoms with Crippen molar-refractivity contribution in [3.05, 3.63) is 17.3 Å². The Morgan fingerprint density at radius 1 is 1.42 bits per heavy atom. The Hall–Kier alpha value is -1.67. The second kappa shape index (κ2) is 5.14. The molecule has 1 atom stereocenters. The number of nitrogens with zero attached hydrogens (tertiary/aromatic N) is 5. The number of halogens is 1. The molecule has 1 aliphatic heterocycles. The van der Waals surface area contributed by atoms with Gasteiger partial charge in [-0.25, -0.2) is 0 Å². The van der Waals surface area contributed by atoms with Crippen LogP contribution >= 0.6 is 22.9 Å². The molecular formula is C10H12ClN7S. The van der Waals surface area contributed by atoms with Crippen molar-refractivity contribution in [1.82, 2.24) is 20.4 Å². The quantitative estimate of drug-likeness (QED) is 0.880. The zero-order chi connectivity index (χ0) is 13.2. The Balaban J connectivity index is 1.64. The van der Waals surface area contributed by atoms with E-state index in [1.807, 2.05) is 6.07 Å². The maximum absolute atomic E-state index is 5.92. The fourth-order valence-corrected chi connectivity index (χ4v) is 2.77. The highest BCUT2D eigenvalue weighted by atomic mass is 35.5. The molecule has 9 heteroatoms. The number of hydrogen-bond acceptors (Lipinski definition) is 8. The van der Waals surface area contributed by atoms with Crippen LogP contribution in [0.3, 0.4) is 0 Å². The smallest absolute Gasteiger partial charge is 0.207 e. The van der Waals surface area contributed by atoms with E-state index in [2.05, 4.69) is 30.6 Å². The normalized spacial score (nSPS) is 18.8. The zero-order valence-electron chi connectivity index (χ0n) is 9.95. The lowest BCUT2D eigenvalue weighted by atomic mass is 10.3. The van der Waals surface area contributed by atoms with Crippen molar-refractivity contribution < 1.29 is 0 Å². The minimum atomic E-state index is 0.299. The molecule has 2 aromatic heterocycles. The zero-order valence-corrected chi connectivity index (χ0v) is 11.5. The monoisotopic (exact) mass is 297 g/mol. The summed E-state index contributed by atoms with van der Waals surface area (Å²) >= 11 is 7.27. The fourth-order valence-electron chi connectivity index (χ4n) is 2.04. The van der Waals surface area contributed by atoms with Crippen LogP contribution in [-0.4, -0.2) is 39.5 Å². The molecule has 2 aromatic rings. The first kappa shape index (κ1) is 12.4. The van der Waals surface area contributed by atoms with Crippen LogP contribution < -0.4 is 16.0 Å². The maximum atomic E-state index is 5.92. The van der Waals surface area contributed by atoms with E-state index in [1.54, 1.807) is 0 Å². The second-order valence-corrected chi connectivity index (χ2v) is 5.70.